The topological polar surface area (TPSA) is 21.1 Å². The maximum absolute atomic E-state index is 4.63. The van der Waals surface area contributed by atoms with E-state index in [2.05, 4.69) is 59.4 Å². The van der Waals surface area contributed by atoms with Gasteiger partial charge in [0.25, 0.3) is 0 Å². The highest BCUT2D eigenvalue weighted by Gasteiger charge is 2.16. The molecule has 0 atom stereocenters. The van der Waals surface area contributed by atoms with E-state index in [9.17, 15) is 0 Å². The van der Waals surface area contributed by atoms with E-state index in [1.807, 2.05) is 16.9 Å². The van der Waals surface area contributed by atoms with Gasteiger partial charge in [-0.25, -0.2) is 4.68 Å². The maximum atomic E-state index is 4.63. The van der Waals surface area contributed by atoms with Crippen molar-refractivity contribution < 1.29 is 0 Å². The summed E-state index contributed by atoms with van der Waals surface area (Å²) in [4.78, 5) is 2.61. The van der Waals surface area contributed by atoms with Gasteiger partial charge in [0.15, 0.2) is 0 Å². The summed E-state index contributed by atoms with van der Waals surface area (Å²) in [5, 5.41) is 5.92. The molecular formula is C21H25N3. The lowest BCUT2D eigenvalue weighted by molar-refractivity contribution is 0.194. The van der Waals surface area contributed by atoms with Crippen LogP contribution in [0, 0.1) is 5.92 Å². The maximum Gasteiger partial charge on any atom is 0.0743 e. The number of para-hydroxylation sites is 1. The summed E-state index contributed by atoms with van der Waals surface area (Å²) in [7, 11) is 0. The zero-order valence-electron chi connectivity index (χ0n) is 14.4. The van der Waals surface area contributed by atoms with Gasteiger partial charge in [0.1, 0.15) is 0 Å². The predicted molar refractivity (Wildman–Crippen MR) is 99.6 cm³/mol. The van der Waals surface area contributed by atoms with E-state index in [0.29, 0.717) is 0 Å². The van der Waals surface area contributed by atoms with Gasteiger partial charge in [-0.05, 0) is 62.0 Å². The highest BCUT2D eigenvalue weighted by Crippen LogP contribution is 2.23. The molecule has 1 saturated heterocycles. The van der Waals surface area contributed by atoms with Gasteiger partial charge < -0.3 is 4.90 Å². The summed E-state index contributed by atoms with van der Waals surface area (Å²) in [5.41, 5.74) is 3.73. The minimum atomic E-state index is 0.897. The van der Waals surface area contributed by atoms with Crippen LogP contribution in [0.4, 0.5) is 0 Å². The van der Waals surface area contributed by atoms with Gasteiger partial charge in [-0.2, -0.15) is 5.10 Å². The molecule has 3 nitrogen and oxygen atoms in total. The fourth-order valence-electron chi connectivity index (χ4n) is 3.67. The smallest absolute Gasteiger partial charge is 0.0743 e. The normalized spacial score (nSPS) is 16.7. The molecule has 1 fully saturated rings. The second-order valence-electron chi connectivity index (χ2n) is 7.02. The number of hydrogen-bond acceptors (Lipinski definition) is 2. The molecule has 124 valence electrons. The molecule has 2 aromatic carbocycles. The van der Waals surface area contributed by atoms with Crippen molar-refractivity contribution in [2.75, 3.05) is 19.6 Å². The first-order valence-corrected chi connectivity index (χ1v) is 9.04. The second kappa shape index (κ2) is 6.78. The van der Waals surface area contributed by atoms with E-state index < -0.39 is 0 Å². The standard InChI is InChI=1S/C21H25N3/c1-17-10-13-23(14-11-17)15-12-18-6-5-9-21-20(18)16-22-24(21)19-7-3-2-4-8-19/h2-9,16-17H,10-15H2,1H3. The summed E-state index contributed by atoms with van der Waals surface area (Å²) in [6.45, 7) is 6.03. The third kappa shape index (κ3) is 3.09. The molecule has 0 unspecified atom stereocenters. The first-order chi connectivity index (χ1) is 11.8. The van der Waals surface area contributed by atoms with E-state index in [-0.39, 0.29) is 0 Å². The van der Waals surface area contributed by atoms with Crippen LogP contribution in [0.25, 0.3) is 16.6 Å². The number of benzene rings is 2. The first-order valence-electron chi connectivity index (χ1n) is 9.04. The van der Waals surface area contributed by atoms with Crippen LogP contribution in [-0.4, -0.2) is 34.3 Å². The Morgan fingerprint density at radius 1 is 1.00 bits per heavy atom. The van der Waals surface area contributed by atoms with Crippen LogP contribution in [0.1, 0.15) is 25.3 Å². The zero-order chi connectivity index (χ0) is 16.4. The van der Waals surface area contributed by atoms with Crippen molar-refractivity contribution in [3.8, 4) is 5.69 Å². The van der Waals surface area contributed by atoms with Crippen LogP contribution >= 0.6 is 0 Å². The Balaban J connectivity index is 1.55. The van der Waals surface area contributed by atoms with Crippen molar-refractivity contribution in [3.63, 3.8) is 0 Å². The SMILES string of the molecule is CC1CCN(CCc2cccc3c2cnn3-c2ccccc2)CC1. The first kappa shape index (κ1) is 15.4. The summed E-state index contributed by atoms with van der Waals surface area (Å²) >= 11 is 0. The fraction of sp³-hybridized carbons (Fsp3) is 0.381. The number of likely N-dealkylation sites (tertiary alicyclic amines) is 1. The van der Waals surface area contributed by atoms with Crippen LogP contribution in [0.3, 0.4) is 0 Å². The minimum Gasteiger partial charge on any atom is -0.303 e. The summed E-state index contributed by atoms with van der Waals surface area (Å²) in [6, 6.07) is 17.0. The van der Waals surface area contributed by atoms with Crippen molar-refractivity contribution in [2.24, 2.45) is 5.92 Å². The molecule has 1 aromatic heterocycles. The average molecular weight is 319 g/mol. The van der Waals surface area contributed by atoms with E-state index >= 15 is 0 Å². The monoisotopic (exact) mass is 319 g/mol. The number of hydrogen-bond donors (Lipinski definition) is 0. The Kier molecular flexibility index (Phi) is 4.35. The number of rotatable bonds is 4. The van der Waals surface area contributed by atoms with Crippen LogP contribution in [0.2, 0.25) is 0 Å². The molecule has 1 aliphatic heterocycles. The lowest BCUT2D eigenvalue weighted by atomic mass is 9.98. The molecule has 3 aromatic rings. The molecular weight excluding hydrogens is 294 g/mol. The summed E-state index contributed by atoms with van der Waals surface area (Å²) < 4.78 is 2.04. The van der Waals surface area contributed by atoms with E-state index in [4.69, 9.17) is 0 Å². The van der Waals surface area contributed by atoms with Gasteiger partial charge in [-0.1, -0.05) is 37.3 Å². The quantitative estimate of drug-likeness (QED) is 0.715. The van der Waals surface area contributed by atoms with Gasteiger partial charge in [-0.15, -0.1) is 0 Å². The molecule has 1 aliphatic rings. The zero-order valence-corrected chi connectivity index (χ0v) is 14.4. The molecule has 0 radical (unpaired) electrons. The van der Waals surface area contributed by atoms with Crippen LogP contribution in [-0.2, 0) is 6.42 Å². The van der Waals surface area contributed by atoms with Crippen LogP contribution < -0.4 is 0 Å². The minimum absolute atomic E-state index is 0.897. The number of fused-ring (bicyclic) bond motifs is 1. The number of piperidine rings is 1. The van der Waals surface area contributed by atoms with Crippen molar-refractivity contribution in [2.45, 2.75) is 26.2 Å². The molecule has 2 heterocycles. The van der Waals surface area contributed by atoms with Gasteiger partial charge in [0.05, 0.1) is 17.4 Å². The number of aromatic nitrogens is 2. The van der Waals surface area contributed by atoms with Crippen molar-refractivity contribution >= 4 is 10.9 Å². The molecule has 24 heavy (non-hydrogen) atoms. The van der Waals surface area contributed by atoms with Gasteiger partial charge in [0, 0.05) is 11.9 Å². The average Bonchev–Trinajstić information content (AvgIpc) is 3.07. The third-order valence-corrected chi connectivity index (χ3v) is 5.28. The predicted octanol–water partition coefficient (Wildman–Crippen LogP) is 4.30. The van der Waals surface area contributed by atoms with E-state index in [1.165, 1.54) is 42.4 Å². The Bertz CT molecular complexity index is 798. The van der Waals surface area contributed by atoms with Crippen molar-refractivity contribution in [1.29, 1.82) is 0 Å². The molecule has 0 saturated carbocycles. The molecule has 0 N–H and O–H groups in total. The summed E-state index contributed by atoms with van der Waals surface area (Å²) in [5.74, 6) is 0.897. The van der Waals surface area contributed by atoms with Gasteiger partial charge >= 0.3 is 0 Å². The van der Waals surface area contributed by atoms with Crippen molar-refractivity contribution in [1.82, 2.24) is 14.7 Å². The lowest BCUT2D eigenvalue weighted by Gasteiger charge is -2.30. The highest BCUT2D eigenvalue weighted by atomic mass is 15.3. The Morgan fingerprint density at radius 3 is 2.58 bits per heavy atom. The molecule has 3 heteroatoms. The van der Waals surface area contributed by atoms with E-state index in [0.717, 1.165) is 24.6 Å². The van der Waals surface area contributed by atoms with Crippen LogP contribution in [0.15, 0.2) is 54.7 Å². The van der Waals surface area contributed by atoms with E-state index in [1.54, 1.807) is 0 Å². The second-order valence-corrected chi connectivity index (χ2v) is 7.02. The molecule has 0 spiro atoms. The molecule has 0 aliphatic carbocycles. The third-order valence-electron chi connectivity index (χ3n) is 5.28. The van der Waals surface area contributed by atoms with Gasteiger partial charge in [-0.3, -0.25) is 0 Å². The fourth-order valence-corrected chi connectivity index (χ4v) is 3.67. The van der Waals surface area contributed by atoms with Gasteiger partial charge in [0.2, 0.25) is 0 Å². The molecule has 0 amide bonds. The van der Waals surface area contributed by atoms with Crippen LogP contribution in [0.5, 0.6) is 0 Å². The Morgan fingerprint density at radius 2 is 1.79 bits per heavy atom. The Hall–Kier alpha value is -2.13. The Labute approximate surface area is 143 Å². The largest absolute Gasteiger partial charge is 0.303 e. The number of nitrogens with zero attached hydrogens (tertiary/aromatic N) is 3. The molecule has 0 bridgehead atoms. The lowest BCUT2D eigenvalue weighted by Crippen LogP contribution is -2.34. The van der Waals surface area contributed by atoms with Crippen molar-refractivity contribution in [3.05, 3.63) is 60.3 Å². The summed E-state index contributed by atoms with van der Waals surface area (Å²) in [6.07, 6.45) is 5.81. The highest BCUT2D eigenvalue weighted by molar-refractivity contribution is 5.83. The molecule has 4 rings (SSSR count).